The van der Waals surface area contributed by atoms with Crippen molar-refractivity contribution in [1.82, 2.24) is 10.4 Å². The van der Waals surface area contributed by atoms with Crippen LogP contribution < -0.4 is 10.00 Å². The Bertz CT molecular complexity index is 581. The van der Waals surface area contributed by atoms with E-state index in [-0.39, 0.29) is 12.3 Å². The lowest BCUT2D eigenvalue weighted by atomic mass is 10.3. The Kier molecular flexibility index (Phi) is 10.2. The number of carbonyl (C=O) groups is 3. The van der Waals surface area contributed by atoms with Crippen LogP contribution in [-0.4, -0.2) is 57.9 Å². The summed E-state index contributed by atoms with van der Waals surface area (Å²) < 4.78 is 33.2. The molecular weight excluding hydrogens is 367 g/mol. The second-order valence-electron chi connectivity index (χ2n) is 4.37. The molecule has 0 fully saturated rings. The molecule has 140 valence electrons. The largest absolute Gasteiger partial charge is 0.490 e. The maximum absolute atomic E-state index is 11.6. The van der Waals surface area contributed by atoms with Crippen LogP contribution in [0.4, 0.5) is 13.2 Å². The van der Waals surface area contributed by atoms with Gasteiger partial charge < -0.3 is 15.5 Å². The number of carboxylic acid groups (broad SMARTS) is 2. The number of rotatable bonds is 7. The Morgan fingerprint density at radius 2 is 1.92 bits per heavy atom. The number of aryl methyl sites for hydroxylation is 1. The van der Waals surface area contributed by atoms with Crippen molar-refractivity contribution in [2.24, 2.45) is 0 Å². The number of amides is 1. The monoisotopic (exact) mass is 384 g/mol. The molecule has 8 nitrogen and oxygen atoms in total. The van der Waals surface area contributed by atoms with Gasteiger partial charge in [0.25, 0.3) is 5.91 Å². The average Bonchev–Trinajstić information content (AvgIpc) is 2.53. The third-order valence-corrected chi connectivity index (χ3v) is 3.03. The van der Waals surface area contributed by atoms with Gasteiger partial charge in [0, 0.05) is 18.4 Å². The molecule has 3 N–H and O–H groups in total. The van der Waals surface area contributed by atoms with Gasteiger partial charge in [-0.3, -0.25) is 9.59 Å². The average molecular weight is 384 g/mol. The fourth-order valence-electron chi connectivity index (χ4n) is 1.23. The molecule has 0 radical (unpaired) electrons. The van der Waals surface area contributed by atoms with Crippen molar-refractivity contribution in [3.8, 4) is 0 Å². The van der Waals surface area contributed by atoms with Gasteiger partial charge in [-0.1, -0.05) is 4.68 Å². The zero-order chi connectivity index (χ0) is 19.5. The first-order valence-electron chi connectivity index (χ1n) is 6.72. The Balaban J connectivity index is 0.000000697. The third-order valence-electron chi connectivity index (χ3n) is 2.42. The molecule has 1 amide bonds. The van der Waals surface area contributed by atoms with E-state index in [1.165, 1.54) is 10.9 Å². The fraction of sp³-hybridized carbons (Fsp3) is 0.462. The van der Waals surface area contributed by atoms with Crippen LogP contribution >= 0.6 is 11.8 Å². The second kappa shape index (κ2) is 11.2. The van der Waals surface area contributed by atoms with Crippen LogP contribution in [0.15, 0.2) is 18.5 Å². The SMILES string of the molecule is CSCCNC(=O)c1cc[n+](CCC(=O)O)nc1.O=C(O)C(F)(F)F. The number of aliphatic carboxylic acids is 2. The van der Waals surface area contributed by atoms with Crippen LogP contribution in [0, 0.1) is 0 Å². The number of hydrogen-bond acceptors (Lipinski definition) is 5. The molecule has 0 aliphatic heterocycles. The number of nitrogens with one attached hydrogen (secondary N) is 1. The summed E-state index contributed by atoms with van der Waals surface area (Å²) in [6.45, 7) is 0.914. The van der Waals surface area contributed by atoms with E-state index in [4.69, 9.17) is 15.0 Å². The van der Waals surface area contributed by atoms with E-state index in [2.05, 4.69) is 10.4 Å². The van der Waals surface area contributed by atoms with Crippen molar-refractivity contribution >= 4 is 29.6 Å². The Morgan fingerprint density at radius 1 is 1.32 bits per heavy atom. The van der Waals surface area contributed by atoms with Gasteiger partial charge >= 0.3 is 18.1 Å². The molecule has 0 aliphatic carbocycles. The van der Waals surface area contributed by atoms with Gasteiger partial charge in [0.2, 0.25) is 0 Å². The summed E-state index contributed by atoms with van der Waals surface area (Å²) in [5, 5.41) is 22.4. The zero-order valence-electron chi connectivity index (χ0n) is 13.1. The smallest absolute Gasteiger partial charge is 0.481 e. The van der Waals surface area contributed by atoms with Gasteiger partial charge in [0.05, 0.1) is 5.56 Å². The molecule has 0 saturated carbocycles. The molecule has 1 heterocycles. The molecular formula is C13H17F3N3O5S+. The first-order valence-corrected chi connectivity index (χ1v) is 8.12. The van der Waals surface area contributed by atoms with Crippen molar-refractivity contribution in [1.29, 1.82) is 0 Å². The Hall–Kier alpha value is -2.37. The van der Waals surface area contributed by atoms with Crippen molar-refractivity contribution < 1.29 is 42.4 Å². The summed E-state index contributed by atoms with van der Waals surface area (Å²) in [7, 11) is 0. The molecule has 12 heteroatoms. The van der Waals surface area contributed by atoms with Crippen molar-refractivity contribution in [3.63, 3.8) is 0 Å². The minimum absolute atomic E-state index is 0.0108. The lowest BCUT2D eigenvalue weighted by Crippen LogP contribution is -2.39. The van der Waals surface area contributed by atoms with Crippen molar-refractivity contribution in [3.05, 3.63) is 24.0 Å². The predicted octanol–water partition coefficient (Wildman–Crippen LogP) is 0.570. The van der Waals surface area contributed by atoms with Crippen molar-refractivity contribution in [2.45, 2.75) is 19.1 Å². The third kappa shape index (κ3) is 10.9. The summed E-state index contributed by atoms with van der Waals surface area (Å²) in [6.07, 6.45) is -0.0543. The van der Waals surface area contributed by atoms with Gasteiger partial charge in [0.1, 0.15) is 12.6 Å². The Labute approximate surface area is 145 Å². The van der Waals surface area contributed by atoms with Crippen LogP contribution in [0.2, 0.25) is 0 Å². The van der Waals surface area contributed by atoms with E-state index in [0.29, 0.717) is 18.7 Å². The first kappa shape index (κ1) is 22.6. The number of aromatic nitrogens is 2. The molecule has 0 saturated heterocycles. The predicted molar refractivity (Wildman–Crippen MR) is 81.1 cm³/mol. The highest BCUT2D eigenvalue weighted by Crippen LogP contribution is 2.13. The lowest BCUT2D eigenvalue weighted by Gasteiger charge is -2.02. The summed E-state index contributed by atoms with van der Waals surface area (Å²) in [6, 6.07) is 1.63. The standard InChI is InChI=1S/C11H15N3O3S.C2HF3O2/c1-18-7-4-12-11(17)9-2-5-14(13-8-9)6-3-10(15)16;3-2(4,5)1(6)7/h2,5,8H,3-4,6-7H2,1H3,(H-,12,15,16,17);(H,6,7)/p+1. The first-order chi connectivity index (χ1) is 11.6. The normalized spacial score (nSPS) is 10.4. The minimum Gasteiger partial charge on any atom is -0.481 e. The van der Waals surface area contributed by atoms with E-state index in [0.717, 1.165) is 5.75 Å². The second-order valence-corrected chi connectivity index (χ2v) is 5.36. The fourth-order valence-corrected chi connectivity index (χ4v) is 1.54. The summed E-state index contributed by atoms with van der Waals surface area (Å²) >= 11 is 1.66. The molecule has 0 atom stereocenters. The number of carbonyl (C=O) groups excluding carboxylic acids is 1. The van der Waals surface area contributed by atoms with Gasteiger partial charge in [0.15, 0.2) is 12.7 Å². The molecule has 25 heavy (non-hydrogen) atoms. The highest BCUT2D eigenvalue weighted by atomic mass is 32.2. The van der Waals surface area contributed by atoms with Gasteiger partial charge in [-0.05, 0) is 11.4 Å². The highest BCUT2D eigenvalue weighted by molar-refractivity contribution is 7.98. The van der Waals surface area contributed by atoms with Gasteiger partial charge in [-0.15, -0.1) is 0 Å². The van der Waals surface area contributed by atoms with Crippen molar-refractivity contribution in [2.75, 3.05) is 18.6 Å². The molecule has 0 spiro atoms. The van der Waals surface area contributed by atoms with Crippen LogP contribution in [-0.2, 0) is 16.1 Å². The highest BCUT2D eigenvalue weighted by Gasteiger charge is 2.38. The molecule has 0 aliphatic rings. The molecule has 0 aromatic carbocycles. The van der Waals surface area contributed by atoms with E-state index < -0.39 is 18.1 Å². The quantitative estimate of drug-likeness (QED) is 0.464. The number of carboxylic acids is 2. The number of hydrogen-bond donors (Lipinski definition) is 3. The summed E-state index contributed by atoms with van der Waals surface area (Å²) in [5.41, 5.74) is 0.475. The molecule has 0 bridgehead atoms. The van der Waals surface area contributed by atoms with Crippen LogP contribution in [0.1, 0.15) is 16.8 Å². The van der Waals surface area contributed by atoms with E-state index in [9.17, 15) is 22.8 Å². The van der Waals surface area contributed by atoms with E-state index in [1.54, 1.807) is 24.0 Å². The zero-order valence-corrected chi connectivity index (χ0v) is 13.9. The molecule has 1 rings (SSSR count). The van der Waals surface area contributed by atoms with E-state index >= 15 is 0 Å². The number of alkyl halides is 3. The maximum Gasteiger partial charge on any atom is 0.490 e. The number of thioether (sulfide) groups is 1. The van der Waals surface area contributed by atoms with E-state index in [1.807, 2.05) is 6.26 Å². The summed E-state index contributed by atoms with van der Waals surface area (Å²) in [4.78, 5) is 30.9. The molecule has 1 aromatic heterocycles. The minimum atomic E-state index is -5.08. The van der Waals surface area contributed by atoms with Gasteiger partial charge in [-0.25, -0.2) is 4.79 Å². The summed E-state index contributed by atoms with van der Waals surface area (Å²) in [5.74, 6) is -2.93. The topological polar surface area (TPSA) is 120 Å². The number of halogens is 3. The van der Waals surface area contributed by atoms with Gasteiger partial charge in [-0.2, -0.15) is 24.9 Å². The number of nitrogens with zero attached hydrogens (tertiary/aromatic N) is 2. The molecule has 1 aromatic rings. The van der Waals surface area contributed by atoms with Crippen LogP contribution in [0.25, 0.3) is 0 Å². The molecule has 0 unspecified atom stereocenters. The van der Waals surface area contributed by atoms with Crippen LogP contribution in [0.3, 0.4) is 0 Å². The lowest BCUT2D eigenvalue weighted by molar-refractivity contribution is -0.753. The Morgan fingerprint density at radius 3 is 2.32 bits per heavy atom. The van der Waals surface area contributed by atoms with Crippen LogP contribution in [0.5, 0.6) is 0 Å². The maximum atomic E-state index is 11.6.